The number of alkyl halides is 3. The fourth-order valence-electron chi connectivity index (χ4n) is 2.12. The second-order valence-electron chi connectivity index (χ2n) is 4.12. The minimum atomic E-state index is -4.32. The molecule has 1 heterocycles. The molecule has 1 atom stereocenters. The molecule has 0 amide bonds. The van der Waals surface area contributed by atoms with Crippen molar-refractivity contribution in [3.8, 4) is 0 Å². The fraction of sp³-hybridized carbons (Fsp3) is 0.417. The molecule has 1 unspecified atom stereocenters. The third kappa shape index (κ3) is 2.27. The van der Waals surface area contributed by atoms with Gasteiger partial charge in [-0.05, 0) is 24.6 Å². The molecule has 1 aliphatic heterocycles. The van der Waals surface area contributed by atoms with Crippen LogP contribution in [0.3, 0.4) is 0 Å². The number of nitrogens with two attached hydrogens (primary N) is 1. The molecule has 0 fully saturated rings. The number of hydrogen-bond donors (Lipinski definition) is 1. The molecule has 3 nitrogen and oxygen atoms in total. The first-order valence-electron chi connectivity index (χ1n) is 5.67. The second kappa shape index (κ2) is 4.51. The minimum Gasteiger partial charge on any atom is -0.370 e. The summed E-state index contributed by atoms with van der Waals surface area (Å²) in [7, 11) is 0. The number of hydrogen-bond acceptors (Lipinski definition) is 3. The average Bonchev–Trinajstić information content (AvgIpc) is 2.69. The van der Waals surface area contributed by atoms with Gasteiger partial charge >= 0.3 is 6.18 Å². The molecule has 0 aromatic heterocycles. The maximum absolute atomic E-state index is 12.6. The summed E-state index contributed by atoms with van der Waals surface area (Å²) in [4.78, 5) is 5.88. The van der Waals surface area contributed by atoms with Gasteiger partial charge in [0.2, 0.25) is 0 Å². The zero-order valence-electron chi connectivity index (χ0n) is 9.91. The van der Waals surface area contributed by atoms with Crippen molar-refractivity contribution in [2.45, 2.75) is 19.1 Å². The Kier molecular flexibility index (Phi) is 3.19. The van der Waals surface area contributed by atoms with E-state index in [1.807, 2.05) is 6.92 Å². The summed E-state index contributed by atoms with van der Waals surface area (Å²) in [6.45, 7) is 2.92. The summed E-state index contributed by atoms with van der Waals surface area (Å²) in [6.07, 6.45) is -4.32. The van der Waals surface area contributed by atoms with Gasteiger partial charge in [-0.15, -0.1) is 0 Å². The molecule has 1 aromatic carbocycles. The molecule has 0 saturated heterocycles. The third-order valence-electron chi connectivity index (χ3n) is 3.04. The van der Waals surface area contributed by atoms with E-state index in [0.717, 1.165) is 6.07 Å². The zero-order valence-corrected chi connectivity index (χ0v) is 9.91. The van der Waals surface area contributed by atoms with Crippen LogP contribution in [0.1, 0.15) is 24.1 Å². The Balaban J connectivity index is 2.30. The van der Waals surface area contributed by atoms with E-state index in [1.165, 1.54) is 12.1 Å². The SMILES string of the molecule is CCN1C(N)=NCC1c1cccc(C(F)(F)F)c1. The van der Waals surface area contributed by atoms with Gasteiger partial charge in [-0.1, -0.05) is 12.1 Å². The average molecular weight is 257 g/mol. The molecule has 1 aliphatic rings. The number of nitrogens with zero attached hydrogens (tertiary/aromatic N) is 2. The summed E-state index contributed by atoms with van der Waals surface area (Å²) in [5.74, 6) is 0.389. The van der Waals surface area contributed by atoms with Crippen LogP contribution in [-0.4, -0.2) is 23.9 Å². The van der Waals surface area contributed by atoms with Crippen molar-refractivity contribution in [3.05, 3.63) is 35.4 Å². The Labute approximate surface area is 103 Å². The number of halogens is 3. The third-order valence-corrected chi connectivity index (χ3v) is 3.04. The molecule has 2 N–H and O–H groups in total. The summed E-state index contributed by atoms with van der Waals surface area (Å²) in [5, 5.41) is 0. The standard InChI is InChI=1S/C12H14F3N3/c1-2-18-10(7-17-11(18)16)8-4-3-5-9(6-8)12(13,14)15/h3-6,10H,2,7H2,1H3,(H2,16,17). The lowest BCUT2D eigenvalue weighted by Crippen LogP contribution is -2.35. The van der Waals surface area contributed by atoms with Crippen molar-refractivity contribution >= 4 is 5.96 Å². The summed E-state index contributed by atoms with van der Waals surface area (Å²) < 4.78 is 37.9. The smallest absolute Gasteiger partial charge is 0.370 e. The van der Waals surface area contributed by atoms with Gasteiger partial charge in [0.05, 0.1) is 18.2 Å². The van der Waals surface area contributed by atoms with Gasteiger partial charge in [-0.3, -0.25) is 4.99 Å². The second-order valence-corrected chi connectivity index (χ2v) is 4.12. The van der Waals surface area contributed by atoms with Crippen LogP contribution in [0.2, 0.25) is 0 Å². The normalized spacial score (nSPS) is 20.1. The number of benzene rings is 1. The van der Waals surface area contributed by atoms with Crippen molar-refractivity contribution in [2.24, 2.45) is 10.7 Å². The van der Waals surface area contributed by atoms with Crippen LogP contribution in [0.15, 0.2) is 29.3 Å². The molecular weight excluding hydrogens is 243 g/mol. The van der Waals surface area contributed by atoms with Crippen molar-refractivity contribution < 1.29 is 13.2 Å². The van der Waals surface area contributed by atoms with E-state index in [1.54, 1.807) is 11.0 Å². The Hall–Kier alpha value is -1.72. The first-order chi connectivity index (χ1) is 8.43. The van der Waals surface area contributed by atoms with Crippen LogP contribution < -0.4 is 5.73 Å². The summed E-state index contributed by atoms with van der Waals surface area (Å²) in [6, 6.07) is 5.13. The van der Waals surface area contributed by atoms with Gasteiger partial charge in [0.25, 0.3) is 0 Å². The number of likely N-dealkylation sites (N-methyl/N-ethyl adjacent to an activating group) is 1. The van der Waals surface area contributed by atoms with Crippen LogP contribution in [0.5, 0.6) is 0 Å². The lowest BCUT2D eigenvalue weighted by atomic mass is 10.0. The van der Waals surface area contributed by atoms with Gasteiger partial charge < -0.3 is 10.6 Å². The van der Waals surface area contributed by atoms with Crippen molar-refractivity contribution in [2.75, 3.05) is 13.1 Å². The molecule has 1 aromatic rings. The van der Waals surface area contributed by atoms with Gasteiger partial charge in [0, 0.05) is 6.54 Å². The molecule has 18 heavy (non-hydrogen) atoms. The van der Waals surface area contributed by atoms with Crippen molar-refractivity contribution in [1.82, 2.24) is 4.90 Å². The first-order valence-corrected chi connectivity index (χ1v) is 5.67. The number of rotatable bonds is 2. The Bertz CT molecular complexity index is 468. The molecule has 2 rings (SSSR count). The quantitative estimate of drug-likeness (QED) is 0.883. The molecule has 0 radical (unpaired) electrons. The van der Waals surface area contributed by atoms with Crippen molar-refractivity contribution in [1.29, 1.82) is 0 Å². The Morgan fingerprint density at radius 3 is 2.78 bits per heavy atom. The van der Waals surface area contributed by atoms with E-state index < -0.39 is 11.7 Å². The van der Waals surface area contributed by atoms with E-state index in [0.29, 0.717) is 24.6 Å². The molecular formula is C12H14F3N3. The predicted octanol–water partition coefficient (Wildman–Crippen LogP) is 2.40. The van der Waals surface area contributed by atoms with Gasteiger partial charge in [-0.2, -0.15) is 13.2 Å². The maximum atomic E-state index is 12.6. The highest BCUT2D eigenvalue weighted by Crippen LogP contribution is 2.32. The molecule has 98 valence electrons. The van der Waals surface area contributed by atoms with Crippen LogP contribution in [0.4, 0.5) is 13.2 Å². The molecule has 0 saturated carbocycles. The monoisotopic (exact) mass is 257 g/mol. The molecule has 6 heteroatoms. The molecule has 0 aliphatic carbocycles. The Morgan fingerprint density at radius 2 is 2.17 bits per heavy atom. The Morgan fingerprint density at radius 1 is 1.44 bits per heavy atom. The van der Waals surface area contributed by atoms with Crippen molar-refractivity contribution in [3.63, 3.8) is 0 Å². The van der Waals surface area contributed by atoms with Crippen LogP contribution in [0.25, 0.3) is 0 Å². The highest BCUT2D eigenvalue weighted by atomic mass is 19.4. The van der Waals surface area contributed by atoms with E-state index in [-0.39, 0.29) is 6.04 Å². The van der Waals surface area contributed by atoms with Crippen LogP contribution >= 0.6 is 0 Å². The highest BCUT2D eigenvalue weighted by molar-refractivity contribution is 5.80. The molecule has 0 spiro atoms. The largest absolute Gasteiger partial charge is 0.416 e. The molecule has 0 bridgehead atoms. The number of guanidine groups is 1. The minimum absolute atomic E-state index is 0.197. The fourth-order valence-corrected chi connectivity index (χ4v) is 2.12. The number of aliphatic imine (C=N–C) groups is 1. The van der Waals surface area contributed by atoms with Gasteiger partial charge in [-0.25, -0.2) is 0 Å². The van der Waals surface area contributed by atoms with E-state index >= 15 is 0 Å². The first kappa shape index (κ1) is 12.7. The highest BCUT2D eigenvalue weighted by Gasteiger charge is 2.32. The topological polar surface area (TPSA) is 41.6 Å². The zero-order chi connectivity index (χ0) is 13.3. The van der Waals surface area contributed by atoms with Crippen LogP contribution in [0, 0.1) is 0 Å². The van der Waals surface area contributed by atoms with Crippen LogP contribution in [-0.2, 0) is 6.18 Å². The lowest BCUT2D eigenvalue weighted by molar-refractivity contribution is -0.137. The van der Waals surface area contributed by atoms with E-state index in [2.05, 4.69) is 4.99 Å². The van der Waals surface area contributed by atoms with Gasteiger partial charge in [0.1, 0.15) is 0 Å². The van der Waals surface area contributed by atoms with E-state index in [9.17, 15) is 13.2 Å². The predicted molar refractivity (Wildman–Crippen MR) is 63.1 cm³/mol. The maximum Gasteiger partial charge on any atom is 0.416 e. The van der Waals surface area contributed by atoms with Gasteiger partial charge in [0.15, 0.2) is 5.96 Å². The van der Waals surface area contributed by atoms with E-state index in [4.69, 9.17) is 5.73 Å². The summed E-state index contributed by atoms with van der Waals surface area (Å²) in [5.41, 5.74) is 5.65. The summed E-state index contributed by atoms with van der Waals surface area (Å²) >= 11 is 0. The lowest BCUT2D eigenvalue weighted by Gasteiger charge is -2.25.